The molecule has 2 N–H and O–H groups in total. The molecule has 0 saturated heterocycles. The molecule has 0 unspecified atom stereocenters. The first-order valence-corrected chi connectivity index (χ1v) is 10.7. The number of carbonyl (C=O) groups excluding carboxylic acids is 1. The molecule has 0 spiro atoms. The van der Waals surface area contributed by atoms with Gasteiger partial charge in [0.25, 0.3) is 0 Å². The summed E-state index contributed by atoms with van der Waals surface area (Å²) in [5.41, 5.74) is 1.19. The van der Waals surface area contributed by atoms with Gasteiger partial charge >= 0.3 is 0 Å². The van der Waals surface area contributed by atoms with Crippen LogP contribution in [-0.4, -0.2) is 48.5 Å². The minimum absolute atomic E-state index is 0.0352. The molecule has 0 fully saturated rings. The summed E-state index contributed by atoms with van der Waals surface area (Å²) in [7, 11) is 2.06. The van der Waals surface area contributed by atoms with Crippen molar-refractivity contribution >= 4 is 39.8 Å². The summed E-state index contributed by atoms with van der Waals surface area (Å²) in [4.78, 5) is 14.1. The number of nitrogens with one attached hydrogen (secondary N) is 2. The van der Waals surface area contributed by atoms with Gasteiger partial charge in [-0.3, -0.25) is 4.79 Å². The summed E-state index contributed by atoms with van der Waals surface area (Å²) >= 11 is 2.93. The molecule has 8 heteroatoms. The zero-order valence-electron chi connectivity index (χ0n) is 15.4. The van der Waals surface area contributed by atoms with Crippen LogP contribution in [0.1, 0.15) is 26.2 Å². The van der Waals surface area contributed by atoms with Gasteiger partial charge in [0.05, 0.1) is 5.75 Å². The number of para-hydroxylation sites is 1. The number of benzene rings is 1. The van der Waals surface area contributed by atoms with Crippen LogP contribution in [-0.2, 0) is 4.79 Å². The van der Waals surface area contributed by atoms with Gasteiger partial charge in [0.15, 0.2) is 4.34 Å². The number of rotatable bonds is 12. The lowest BCUT2D eigenvalue weighted by atomic mass is 10.3. The summed E-state index contributed by atoms with van der Waals surface area (Å²) in [6.45, 7) is 4.65. The molecule has 26 heavy (non-hydrogen) atoms. The Balaban J connectivity index is 1.57. The third-order valence-corrected chi connectivity index (χ3v) is 5.74. The molecule has 0 atom stereocenters. The Morgan fingerprint density at radius 1 is 1.19 bits per heavy atom. The smallest absolute Gasteiger partial charge is 0.230 e. The van der Waals surface area contributed by atoms with E-state index in [1.54, 1.807) is 0 Å². The van der Waals surface area contributed by atoms with Crippen molar-refractivity contribution in [2.75, 3.05) is 42.7 Å². The zero-order valence-corrected chi connectivity index (χ0v) is 17.0. The number of carbonyl (C=O) groups is 1. The van der Waals surface area contributed by atoms with E-state index in [9.17, 15) is 4.79 Å². The lowest BCUT2D eigenvalue weighted by Crippen LogP contribution is -2.29. The van der Waals surface area contributed by atoms with Gasteiger partial charge < -0.3 is 15.5 Å². The van der Waals surface area contributed by atoms with Crippen molar-refractivity contribution in [1.29, 1.82) is 0 Å². The first-order valence-electron chi connectivity index (χ1n) is 8.92. The van der Waals surface area contributed by atoms with E-state index in [0.29, 0.717) is 12.3 Å². The molecule has 0 aliphatic rings. The highest BCUT2D eigenvalue weighted by Crippen LogP contribution is 2.25. The lowest BCUT2D eigenvalue weighted by molar-refractivity contribution is -0.118. The maximum absolute atomic E-state index is 11.9. The van der Waals surface area contributed by atoms with Gasteiger partial charge in [0.2, 0.25) is 11.0 Å². The van der Waals surface area contributed by atoms with Crippen LogP contribution in [0.15, 0.2) is 34.7 Å². The molecule has 1 aromatic heterocycles. The Morgan fingerprint density at radius 3 is 2.77 bits per heavy atom. The van der Waals surface area contributed by atoms with Gasteiger partial charge in [-0.25, -0.2) is 0 Å². The quantitative estimate of drug-likeness (QED) is 0.425. The molecule has 2 rings (SSSR count). The van der Waals surface area contributed by atoms with E-state index in [4.69, 9.17) is 0 Å². The number of hydrogen-bond donors (Lipinski definition) is 2. The van der Waals surface area contributed by atoms with Crippen molar-refractivity contribution in [3.8, 4) is 0 Å². The number of anilines is 2. The number of aromatic nitrogens is 2. The Morgan fingerprint density at radius 2 is 2.00 bits per heavy atom. The fourth-order valence-corrected chi connectivity index (χ4v) is 3.85. The van der Waals surface area contributed by atoms with E-state index in [1.165, 1.54) is 28.8 Å². The van der Waals surface area contributed by atoms with Crippen molar-refractivity contribution in [2.24, 2.45) is 0 Å². The zero-order chi connectivity index (χ0) is 18.6. The minimum Gasteiger partial charge on any atom is -0.375 e. The maximum atomic E-state index is 11.9. The van der Waals surface area contributed by atoms with Crippen LogP contribution < -0.4 is 15.5 Å². The minimum atomic E-state index is 0.0352. The van der Waals surface area contributed by atoms with Crippen molar-refractivity contribution < 1.29 is 4.79 Å². The molecule has 0 aliphatic carbocycles. The summed E-state index contributed by atoms with van der Waals surface area (Å²) in [6.07, 6.45) is 3.17. The highest BCUT2D eigenvalue weighted by atomic mass is 32.2. The predicted octanol–water partition coefficient (Wildman–Crippen LogP) is 3.48. The van der Waals surface area contributed by atoms with Crippen LogP contribution in [0.3, 0.4) is 0 Å². The molecule has 1 amide bonds. The van der Waals surface area contributed by atoms with Crippen LogP contribution in [0.25, 0.3) is 0 Å². The van der Waals surface area contributed by atoms with Gasteiger partial charge in [-0.1, -0.05) is 54.6 Å². The third kappa shape index (κ3) is 7.61. The summed E-state index contributed by atoms with van der Waals surface area (Å²) in [6, 6.07) is 10.2. The molecule has 0 bridgehead atoms. The normalized spacial score (nSPS) is 10.5. The lowest BCUT2D eigenvalue weighted by Gasteiger charge is -2.19. The first-order chi connectivity index (χ1) is 12.7. The molecular formula is C18H27N5OS2. The van der Waals surface area contributed by atoms with Gasteiger partial charge in [0, 0.05) is 32.4 Å². The van der Waals surface area contributed by atoms with Crippen molar-refractivity contribution in [3.05, 3.63) is 30.3 Å². The van der Waals surface area contributed by atoms with Crippen LogP contribution in [0.5, 0.6) is 0 Å². The second-order valence-corrected chi connectivity index (χ2v) is 8.10. The van der Waals surface area contributed by atoms with Crippen molar-refractivity contribution in [3.63, 3.8) is 0 Å². The van der Waals surface area contributed by atoms with Gasteiger partial charge in [0.1, 0.15) is 0 Å². The predicted molar refractivity (Wildman–Crippen MR) is 111 cm³/mol. The molecule has 1 heterocycles. The topological polar surface area (TPSA) is 70.1 Å². The first kappa shape index (κ1) is 20.5. The second-order valence-electron chi connectivity index (χ2n) is 5.90. The number of hydrogen-bond acceptors (Lipinski definition) is 7. The number of nitrogens with zero attached hydrogens (tertiary/aromatic N) is 3. The standard InChI is InChI=1S/C18H27N5OS2/c1-3-4-11-20-17-21-22-18(26-17)25-14-16(24)19-12-8-13-23(2)15-9-6-5-7-10-15/h5-7,9-10H,3-4,8,11-14H2,1-2H3,(H,19,24)(H,20,21). The SMILES string of the molecule is CCCCNc1nnc(SCC(=O)NCCCN(C)c2ccccc2)s1. The Labute approximate surface area is 163 Å². The van der Waals surface area contributed by atoms with Crippen LogP contribution in [0.2, 0.25) is 0 Å². The highest BCUT2D eigenvalue weighted by molar-refractivity contribution is 8.01. The Bertz CT molecular complexity index is 650. The third-order valence-electron chi connectivity index (χ3n) is 3.73. The van der Waals surface area contributed by atoms with Gasteiger partial charge in [-0.2, -0.15) is 0 Å². The summed E-state index contributed by atoms with van der Waals surface area (Å²) < 4.78 is 0.822. The van der Waals surface area contributed by atoms with E-state index < -0.39 is 0 Å². The Kier molecular flexibility index (Phi) is 9.27. The number of thioether (sulfide) groups is 1. The van der Waals surface area contributed by atoms with Gasteiger partial charge in [-0.05, 0) is 25.0 Å². The Hall–Kier alpha value is -1.80. The molecule has 0 aliphatic heterocycles. The fourth-order valence-electron chi connectivity index (χ4n) is 2.25. The largest absolute Gasteiger partial charge is 0.375 e. The van der Waals surface area contributed by atoms with Crippen LogP contribution in [0.4, 0.5) is 10.8 Å². The molecular weight excluding hydrogens is 366 g/mol. The van der Waals surface area contributed by atoms with Crippen LogP contribution >= 0.6 is 23.1 Å². The summed E-state index contributed by atoms with van der Waals surface area (Å²) in [5, 5.41) is 15.2. The second kappa shape index (κ2) is 11.7. The molecule has 2 aromatic rings. The average molecular weight is 394 g/mol. The molecule has 0 radical (unpaired) electrons. The van der Waals surface area contributed by atoms with E-state index >= 15 is 0 Å². The molecule has 6 nitrogen and oxygen atoms in total. The fraction of sp³-hybridized carbons (Fsp3) is 0.500. The molecule has 0 saturated carbocycles. The van der Waals surface area contributed by atoms with E-state index in [2.05, 4.69) is 51.8 Å². The van der Waals surface area contributed by atoms with Gasteiger partial charge in [-0.15, -0.1) is 10.2 Å². The maximum Gasteiger partial charge on any atom is 0.230 e. The molecule has 142 valence electrons. The highest BCUT2D eigenvalue weighted by Gasteiger charge is 2.08. The van der Waals surface area contributed by atoms with Crippen molar-refractivity contribution in [1.82, 2.24) is 15.5 Å². The number of unbranched alkanes of at least 4 members (excludes halogenated alkanes) is 1. The van der Waals surface area contributed by atoms with Crippen LogP contribution in [0, 0.1) is 0 Å². The number of amides is 1. The molecule has 1 aromatic carbocycles. The average Bonchev–Trinajstić information content (AvgIpc) is 3.12. The van der Waals surface area contributed by atoms with Crippen molar-refractivity contribution in [2.45, 2.75) is 30.5 Å². The summed E-state index contributed by atoms with van der Waals surface area (Å²) in [5.74, 6) is 0.408. The monoisotopic (exact) mass is 393 g/mol. The van der Waals surface area contributed by atoms with E-state index in [-0.39, 0.29) is 5.91 Å². The van der Waals surface area contributed by atoms with E-state index in [0.717, 1.165) is 41.8 Å². The van der Waals surface area contributed by atoms with E-state index in [1.807, 2.05) is 18.2 Å².